The monoisotopic (exact) mass is 333 g/mol. The van der Waals surface area contributed by atoms with Gasteiger partial charge in [-0.05, 0) is 61.6 Å². The zero-order valence-electron chi connectivity index (χ0n) is 13.9. The van der Waals surface area contributed by atoms with Crippen LogP contribution in [0.4, 0.5) is 0 Å². The predicted octanol–water partition coefficient (Wildman–Crippen LogP) is 4.35. The first-order valence-corrected chi connectivity index (χ1v) is 8.63. The predicted molar refractivity (Wildman–Crippen MR) is 96.4 cm³/mol. The van der Waals surface area contributed by atoms with Gasteiger partial charge in [-0.15, -0.1) is 0 Å². The maximum Gasteiger partial charge on any atom is 0.363 e. The molecular formula is C21H19NO3. The summed E-state index contributed by atoms with van der Waals surface area (Å²) in [4.78, 5) is 16.3. The van der Waals surface area contributed by atoms with Gasteiger partial charge in [0.05, 0.1) is 6.10 Å². The van der Waals surface area contributed by atoms with Gasteiger partial charge < -0.3 is 9.47 Å². The number of hydrogen-bond acceptors (Lipinski definition) is 4. The molecule has 2 aromatic carbocycles. The third-order valence-electron chi connectivity index (χ3n) is 4.43. The van der Waals surface area contributed by atoms with Crippen LogP contribution in [0.5, 0.6) is 5.75 Å². The van der Waals surface area contributed by atoms with Crippen molar-refractivity contribution in [2.75, 3.05) is 0 Å². The Bertz CT molecular complexity index is 816. The number of aliphatic imine (C=N–C) groups is 1. The summed E-state index contributed by atoms with van der Waals surface area (Å²) in [7, 11) is 0. The van der Waals surface area contributed by atoms with Crippen molar-refractivity contribution in [1.29, 1.82) is 0 Å². The number of nitrogens with zero attached hydrogens (tertiary/aromatic N) is 1. The molecule has 0 spiro atoms. The minimum Gasteiger partial charge on any atom is -0.490 e. The summed E-state index contributed by atoms with van der Waals surface area (Å²) < 4.78 is 11.2. The van der Waals surface area contributed by atoms with Gasteiger partial charge in [0.15, 0.2) is 5.70 Å². The topological polar surface area (TPSA) is 47.9 Å². The van der Waals surface area contributed by atoms with Crippen LogP contribution < -0.4 is 4.74 Å². The van der Waals surface area contributed by atoms with Crippen molar-refractivity contribution in [3.05, 3.63) is 71.4 Å². The van der Waals surface area contributed by atoms with Crippen LogP contribution in [0.15, 0.2) is 65.3 Å². The fourth-order valence-corrected chi connectivity index (χ4v) is 3.11. The molecular weight excluding hydrogens is 314 g/mol. The third-order valence-corrected chi connectivity index (χ3v) is 4.43. The van der Waals surface area contributed by atoms with Gasteiger partial charge in [-0.3, -0.25) is 0 Å². The van der Waals surface area contributed by atoms with E-state index in [9.17, 15) is 4.79 Å². The first-order chi connectivity index (χ1) is 12.3. The van der Waals surface area contributed by atoms with Crippen molar-refractivity contribution in [3.63, 3.8) is 0 Å². The summed E-state index contributed by atoms with van der Waals surface area (Å²) in [5, 5.41) is 0. The fraction of sp³-hybridized carbons (Fsp3) is 0.238. The van der Waals surface area contributed by atoms with Gasteiger partial charge in [0.1, 0.15) is 5.75 Å². The van der Waals surface area contributed by atoms with Crippen LogP contribution in [0.2, 0.25) is 0 Å². The number of esters is 1. The summed E-state index contributed by atoms with van der Waals surface area (Å²) in [5.74, 6) is 0.791. The minimum absolute atomic E-state index is 0.309. The number of hydrogen-bond donors (Lipinski definition) is 0. The molecule has 126 valence electrons. The van der Waals surface area contributed by atoms with E-state index in [0.29, 0.717) is 17.7 Å². The molecule has 2 aromatic rings. The average molecular weight is 333 g/mol. The first kappa shape index (κ1) is 15.6. The van der Waals surface area contributed by atoms with E-state index in [1.807, 2.05) is 54.6 Å². The number of carbonyl (C=O) groups excluding carboxylic acids is 1. The molecule has 1 saturated carbocycles. The number of ether oxygens (including phenoxy) is 2. The molecule has 25 heavy (non-hydrogen) atoms. The van der Waals surface area contributed by atoms with Crippen molar-refractivity contribution in [2.24, 2.45) is 4.99 Å². The number of rotatable bonds is 4. The summed E-state index contributed by atoms with van der Waals surface area (Å²) in [6.07, 6.45) is 6.84. The lowest BCUT2D eigenvalue weighted by Gasteiger charge is -2.12. The number of carbonyl (C=O) groups is 1. The number of cyclic esters (lactones) is 1. The molecule has 1 heterocycles. The minimum atomic E-state index is -0.426. The molecule has 1 aliphatic carbocycles. The maximum atomic E-state index is 12.0. The molecule has 0 aromatic heterocycles. The van der Waals surface area contributed by atoms with Crippen LogP contribution in [-0.4, -0.2) is 18.0 Å². The fourth-order valence-electron chi connectivity index (χ4n) is 3.11. The van der Waals surface area contributed by atoms with Gasteiger partial charge in [-0.25, -0.2) is 9.79 Å². The average Bonchev–Trinajstić information content (AvgIpc) is 3.28. The van der Waals surface area contributed by atoms with Crippen LogP contribution in [0.25, 0.3) is 6.08 Å². The van der Waals surface area contributed by atoms with E-state index in [1.54, 1.807) is 6.08 Å². The Balaban J connectivity index is 1.50. The molecule has 0 unspecified atom stereocenters. The summed E-state index contributed by atoms with van der Waals surface area (Å²) >= 11 is 0. The van der Waals surface area contributed by atoms with E-state index >= 15 is 0 Å². The van der Waals surface area contributed by atoms with Gasteiger partial charge in [0.2, 0.25) is 5.90 Å². The van der Waals surface area contributed by atoms with Crippen molar-refractivity contribution >= 4 is 17.9 Å². The molecule has 0 saturated heterocycles. The molecule has 1 fully saturated rings. The van der Waals surface area contributed by atoms with Crippen LogP contribution in [0.1, 0.15) is 36.8 Å². The van der Waals surface area contributed by atoms with Gasteiger partial charge in [0, 0.05) is 5.56 Å². The van der Waals surface area contributed by atoms with Crippen molar-refractivity contribution < 1.29 is 14.3 Å². The summed E-state index contributed by atoms with van der Waals surface area (Å²) in [6, 6.07) is 17.1. The number of benzene rings is 2. The van der Waals surface area contributed by atoms with Crippen molar-refractivity contribution in [1.82, 2.24) is 0 Å². The Kier molecular flexibility index (Phi) is 4.34. The second kappa shape index (κ2) is 6.93. The highest BCUT2D eigenvalue weighted by Gasteiger charge is 2.24. The summed E-state index contributed by atoms with van der Waals surface area (Å²) in [5.41, 5.74) is 1.99. The Morgan fingerprint density at radius 2 is 1.72 bits per heavy atom. The van der Waals surface area contributed by atoms with E-state index < -0.39 is 5.97 Å². The highest BCUT2D eigenvalue weighted by molar-refractivity contribution is 6.12. The normalized spacial score (nSPS) is 19.1. The van der Waals surface area contributed by atoms with E-state index in [-0.39, 0.29) is 0 Å². The standard InChI is InChI=1S/C21H19NO3/c23-21-19(22-20(25-21)16-6-2-1-3-7-16)14-15-10-12-18(13-11-15)24-17-8-4-5-9-17/h1-3,6-7,10-14,17H,4-5,8-9H2. The first-order valence-electron chi connectivity index (χ1n) is 8.63. The molecule has 4 nitrogen and oxygen atoms in total. The highest BCUT2D eigenvalue weighted by atomic mass is 16.6. The lowest BCUT2D eigenvalue weighted by Crippen LogP contribution is -2.10. The molecule has 4 heteroatoms. The molecule has 2 aliphatic rings. The summed E-state index contributed by atoms with van der Waals surface area (Å²) in [6.45, 7) is 0. The third kappa shape index (κ3) is 3.63. The molecule has 0 radical (unpaired) electrons. The SMILES string of the molecule is O=C1OC(c2ccccc2)=NC1=Cc1ccc(OC2CCCC2)cc1. The van der Waals surface area contributed by atoms with Crippen LogP contribution in [0, 0.1) is 0 Å². The van der Waals surface area contributed by atoms with E-state index in [2.05, 4.69) is 4.99 Å². The largest absolute Gasteiger partial charge is 0.490 e. The molecule has 0 amide bonds. The van der Waals surface area contributed by atoms with Gasteiger partial charge in [-0.1, -0.05) is 30.3 Å². The highest BCUT2D eigenvalue weighted by Crippen LogP contribution is 2.25. The smallest absolute Gasteiger partial charge is 0.363 e. The van der Waals surface area contributed by atoms with E-state index in [0.717, 1.165) is 29.7 Å². The Hall–Kier alpha value is -2.88. The second-order valence-electron chi connectivity index (χ2n) is 6.30. The quantitative estimate of drug-likeness (QED) is 0.617. The lowest BCUT2D eigenvalue weighted by atomic mass is 10.2. The Morgan fingerprint density at radius 1 is 1.00 bits per heavy atom. The van der Waals surface area contributed by atoms with E-state index in [4.69, 9.17) is 9.47 Å². The maximum absolute atomic E-state index is 12.0. The molecule has 4 rings (SSSR count). The Labute approximate surface area is 146 Å². The van der Waals surface area contributed by atoms with Gasteiger partial charge >= 0.3 is 5.97 Å². The van der Waals surface area contributed by atoms with Crippen molar-refractivity contribution in [3.8, 4) is 5.75 Å². The van der Waals surface area contributed by atoms with Crippen LogP contribution >= 0.6 is 0 Å². The Morgan fingerprint density at radius 3 is 2.44 bits per heavy atom. The van der Waals surface area contributed by atoms with Crippen LogP contribution in [-0.2, 0) is 9.53 Å². The molecule has 0 bridgehead atoms. The zero-order chi connectivity index (χ0) is 17.1. The van der Waals surface area contributed by atoms with E-state index in [1.165, 1.54) is 12.8 Å². The van der Waals surface area contributed by atoms with Gasteiger partial charge in [0.25, 0.3) is 0 Å². The zero-order valence-corrected chi connectivity index (χ0v) is 13.9. The molecule has 0 atom stereocenters. The molecule has 1 aliphatic heterocycles. The second-order valence-corrected chi connectivity index (χ2v) is 6.30. The lowest BCUT2D eigenvalue weighted by molar-refractivity contribution is -0.129. The van der Waals surface area contributed by atoms with Crippen LogP contribution in [0.3, 0.4) is 0 Å². The van der Waals surface area contributed by atoms with Crippen molar-refractivity contribution in [2.45, 2.75) is 31.8 Å². The van der Waals surface area contributed by atoms with Gasteiger partial charge in [-0.2, -0.15) is 0 Å². The molecule has 0 N–H and O–H groups in total.